The molecule has 1 aromatic rings. The summed E-state index contributed by atoms with van der Waals surface area (Å²) in [4.78, 5) is 0. The van der Waals surface area contributed by atoms with E-state index >= 15 is 0 Å². The van der Waals surface area contributed by atoms with E-state index in [1.807, 2.05) is 13.8 Å². The van der Waals surface area contributed by atoms with Crippen LogP contribution in [0.15, 0.2) is 24.3 Å². The number of hydrogen-bond donors (Lipinski definition) is 1. The summed E-state index contributed by atoms with van der Waals surface area (Å²) in [5.74, 6) is 0.681. The molecule has 1 aliphatic heterocycles. The van der Waals surface area contributed by atoms with Crippen LogP contribution in [0.4, 0.5) is 0 Å². The zero-order valence-corrected chi connectivity index (χ0v) is 8.80. The second kappa shape index (κ2) is 5.03. The van der Waals surface area contributed by atoms with Crippen molar-refractivity contribution in [2.45, 2.75) is 33.2 Å². The van der Waals surface area contributed by atoms with E-state index < -0.39 is 0 Å². The van der Waals surface area contributed by atoms with E-state index in [4.69, 9.17) is 0 Å². The van der Waals surface area contributed by atoms with E-state index in [1.165, 1.54) is 11.1 Å². The van der Waals surface area contributed by atoms with Gasteiger partial charge in [0.1, 0.15) is 0 Å². The fourth-order valence-electron chi connectivity index (χ4n) is 1.71. The Morgan fingerprint density at radius 2 is 1.92 bits per heavy atom. The summed E-state index contributed by atoms with van der Waals surface area (Å²) in [7, 11) is 0. The average Bonchev–Trinajstić information content (AvgIpc) is 2.22. The molecule has 1 aliphatic rings. The molecule has 72 valence electrons. The molecule has 2 rings (SSSR count). The third-order valence-corrected chi connectivity index (χ3v) is 2.35. The Hall–Kier alpha value is -0.820. The number of rotatable bonds is 0. The Balaban J connectivity index is 0.000000396. The molecule has 0 saturated heterocycles. The van der Waals surface area contributed by atoms with Crippen LogP contribution in [-0.4, -0.2) is 6.54 Å². The van der Waals surface area contributed by atoms with Gasteiger partial charge in [0.15, 0.2) is 0 Å². The van der Waals surface area contributed by atoms with Crippen LogP contribution in [0, 0.1) is 0 Å². The number of hydrogen-bond acceptors (Lipinski definition) is 1. The SMILES string of the molecule is CC.CC1CNCc2ccccc21. The smallest absolute Gasteiger partial charge is 0.0208 e. The van der Waals surface area contributed by atoms with Crippen molar-refractivity contribution in [3.05, 3.63) is 35.4 Å². The first-order valence-corrected chi connectivity index (χ1v) is 5.16. The first-order chi connectivity index (χ1) is 6.38. The lowest BCUT2D eigenvalue weighted by atomic mass is 9.93. The maximum Gasteiger partial charge on any atom is 0.0208 e. The topological polar surface area (TPSA) is 12.0 Å². The standard InChI is InChI=1S/C10H13N.C2H6/c1-8-6-11-7-9-4-2-3-5-10(8)9;1-2/h2-5,8,11H,6-7H2,1H3;1-2H3. The van der Waals surface area contributed by atoms with Gasteiger partial charge >= 0.3 is 0 Å². The molecule has 1 unspecified atom stereocenters. The highest BCUT2D eigenvalue weighted by Crippen LogP contribution is 2.22. The molecular formula is C12H19N. The molecule has 0 bridgehead atoms. The van der Waals surface area contributed by atoms with Crippen LogP contribution in [0.5, 0.6) is 0 Å². The van der Waals surface area contributed by atoms with E-state index in [1.54, 1.807) is 0 Å². The maximum atomic E-state index is 3.39. The fraction of sp³-hybridized carbons (Fsp3) is 0.500. The van der Waals surface area contributed by atoms with Crippen LogP contribution in [0.3, 0.4) is 0 Å². The van der Waals surface area contributed by atoms with Gasteiger partial charge in [0, 0.05) is 13.1 Å². The molecule has 1 N–H and O–H groups in total. The van der Waals surface area contributed by atoms with Crippen molar-refractivity contribution in [2.24, 2.45) is 0 Å². The van der Waals surface area contributed by atoms with Crippen molar-refractivity contribution < 1.29 is 0 Å². The highest BCUT2D eigenvalue weighted by molar-refractivity contribution is 5.31. The van der Waals surface area contributed by atoms with Gasteiger partial charge in [-0.3, -0.25) is 0 Å². The molecule has 1 atom stereocenters. The van der Waals surface area contributed by atoms with Crippen molar-refractivity contribution in [1.29, 1.82) is 0 Å². The minimum atomic E-state index is 0.681. The zero-order valence-electron chi connectivity index (χ0n) is 8.80. The van der Waals surface area contributed by atoms with Gasteiger partial charge in [-0.25, -0.2) is 0 Å². The minimum absolute atomic E-state index is 0.681. The molecule has 1 heteroatoms. The van der Waals surface area contributed by atoms with Crippen LogP contribution < -0.4 is 5.32 Å². The summed E-state index contributed by atoms with van der Waals surface area (Å²) in [6.07, 6.45) is 0. The van der Waals surface area contributed by atoms with Crippen molar-refractivity contribution in [3.63, 3.8) is 0 Å². The molecule has 0 aromatic heterocycles. The Labute approximate surface area is 81.2 Å². The van der Waals surface area contributed by atoms with Crippen LogP contribution in [0.1, 0.15) is 37.8 Å². The Morgan fingerprint density at radius 1 is 1.23 bits per heavy atom. The van der Waals surface area contributed by atoms with Crippen LogP contribution in [-0.2, 0) is 6.54 Å². The lowest BCUT2D eigenvalue weighted by molar-refractivity contribution is 0.571. The second-order valence-electron chi connectivity index (χ2n) is 3.23. The van der Waals surface area contributed by atoms with Gasteiger partial charge in [0.2, 0.25) is 0 Å². The molecule has 0 spiro atoms. The summed E-state index contributed by atoms with van der Waals surface area (Å²) in [6, 6.07) is 8.68. The largest absolute Gasteiger partial charge is 0.312 e. The van der Waals surface area contributed by atoms with Gasteiger partial charge in [0.05, 0.1) is 0 Å². The third-order valence-electron chi connectivity index (χ3n) is 2.35. The lowest BCUT2D eigenvalue weighted by Gasteiger charge is -2.22. The molecule has 1 nitrogen and oxygen atoms in total. The summed E-state index contributed by atoms with van der Waals surface area (Å²) >= 11 is 0. The first-order valence-electron chi connectivity index (χ1n) is 5.16. The van der Waals surface area contributed by atoms with E-state index in [9.17, 15) is 0 Å². The van der Waals surface area contributed by atoms with E-state index in [2.05, 4.69) is 36.5 Å². The van der Waals surface area contributed by atoms with Gasteiger partial charge in [0.25, 0.3) is 0 Å². The predicted molar refractivity (Wildman–Crippen MR) is 57.9 cm³/mol. The van der Waals surface area contributed by atoms with Gasteiger partial charge in [-0.1, -0.05) is 45.0 Å². The molecular weight excluding hydrogens is 158 g/mol. The quantitative estimate of drug-likeness (QED) is 0.642. The highest BCUT2D eigenvalue weighted by atomic mass is 14.9. The lowest BCUT2D eigenvalue weighted by Crippen LogP contribution is -2.26. The molecule has 0 fully saturated rings. The molecule has 1 heterocycles. The van der Waals surface area contributed by atoms with E-state index in [0.717, 1.165) is 13.1 Å². The average molecular weight is 177 g/mol. The van der Waals surface area contributed by atoms with Gasteiger partial charge in [-0.05, 0) is 17.0 Å². The number of benzene rings is 1. The maximum absolute atomic E-state index is 3.39. The minimum Gasteiger partial charge on any atom is -0.312 e. The number of fused-ring (bicyclic) bond motifs is 1. The number of nitrogens with one attached hydrogen (secondary N) is 1. The normalized spacial score (nSPS) is 19.8. The second-order valence-corrected chi connectivity index (χ2v) is 3.23. The Kier molecular flexibility index (Phi) is 3.97. The van der Waals surface area contributed by atoms with Crippen LogP contribution in [0.2, 0.25) is 0 Å². The Morgan fingerprint density at radius 3 is 2.62 bits per heavy atom. The van der Waals surface area contributed by atoms with Crippen LogP contribution in [0.25, 0.3) is 0 Å². The van der Waals surface area contributed by atoms with Crippen molar-refractivity contribution in [1.82, 2.24) is 5.32 Å². The Bertz CT molecular complexity index is 255. The summed E-state index contributed by atoms with van der Waals surface area (Å²) in [6.45, 7) is 8.43. The fourth-order valence-corrected chi connectivity index (χ4v) is 1.71. The van der Waals surface area contributed by atoms with E-state index in [0.29, 0.717) is 5.92 Å². The molecule has 0 aliphatic carbocycles. The summed E-state index contributed by atoms with van der Waals surface area (Å²) in [5.41, 5.74) is 2.98. The zero-order chi connectivity index (χ0) is 9.68. The summed E-state index contributed by atoms with van der Waals surface area (Å²) in [5, 5.41) is 3.39. The van der Waals surface area contributed by atoms with Gasteiger partial charge in [-0.15, -0.1) is 0 Å². The molecule has 0 saturated carbocycles. The highest BCUT2D eigenvalue weighted by Gasteiger charge is 2.13. The third kappa shape index (κ3) is 2.31. The van der Waals surface area contributed by atoms with Crippen molar-refractivity contribution >= 4 is 0 Å². The first kappa shape index (κ1) is 10.3. The molecule has 0 radical (unpaired) electrons. The van der Waals surface area contributed by atoms with Gasteiger partial charge < -0.3 is 5.32 Å². The monoisotopic (exact) mass is 177 g/mol. The van der Waals surface area contributed by atoms with Gasteiger partial charge in [-0.2, -0.15) is 0 Å². The summed E-state index contributed by atoms with van der Waals surface area (Å²) < 4.78 is 0. The molecule has 1 aromatic carbocycles. The van der Waals surface area contributed by atoms with E-state index in [-0.39, 0.29) is 0 Å². The van der Waals surface area contributed by atoms with Crippen molar-refractivity contribution in [2.75, 3.05) is 6.54 Å². The van der Waals surface area contributed by atoms with Crippen molar-refractivity contribution in [3.8, 4) is 0 Å². The molecule has 13 heavy (non-hydrogen) atoms. The van der Waals surface area contributed by atoms with Crippen LogP contribution >= 0.6 is 0 Å². The predicted octanol–water partition coefficient (Wildman–Crippen LogP) is 2.92. The molecule has 0 amide bonds.